The highest BCUT2D eigenvalue weighted by atomic mass is 16.8. The maximum absolute atomic E-state index is 12.6. The first kappa shape index (κ1) is 38.2. The Morgan fingerprint density at radius 1 is 0.939 bits per heavy atom. The normalized spacial score (nSPS) is 40.9. The molecule has 1 saturated carbocycles. The third-order valence-corrected chi connectivity index (χ3v) is 8.53. The molecule has 1 aliphatic carbocycles. The number of hydrazone groups is 1. The molecule has 1 aromatic rings. The fraction of sp³-hybridized carbons (Fsp3) is 0.667. The van der Waals surface area contributed by atoms with Crippen LogP contribution in [0.15, 0.2) is 39.6 Å². The number of aliphatic hydroxyl groups excluding tert-OH is 6. The molecule has 22 heteroatoms. The number of guanidine groups is 2. The smallest absolute Gasteiger partial charge is 0.271 e. The summed E-state index contributed by atoms with van der Waals surface area (Å²) in [6, 6.07) is -1.32. The van der Waals surface area contributed by atoms with E-state index in [0.717, 1.165) is 6.21 Å². The van der Waals surface area contributed by atoms with Crippen LogP contribution in [0.3, 0.4) is 0 Å². The second-order valence-corrected chi connectivity index (χ2v) is 11.7. The van der Waals surface area contributed by atoms with Gasteiger partial charge in [-0.25, -0.2) is 15.4 Å². The maximum Gasteiger partial charge on any atom is 0.271 e. The number of rotatable bonds is 11. The fourth-order valence-corrected chi connectivity index (χ4v) is 5.86. The lowest BCUT2D eigenvalue weighted by Crippen LogP contribution is -2.66. The standard InChI is InChI=1S/C27H44N10O12/c1-9-27(45,8-34-37-22(44)10-3-5-33-6-4-10)21(49-23-14(32-2)18(42)15(39)11(7-38)47-23)24(46-9)48-20-13(36-26(30)31)16(40)12(35-25(28)29)17(41)19(20)43/h3-6,8-9,11-21,23-24,32,38-43,45H,7H2,1-2H3,(H,37,44)(H4,28,29,35)(H4,30,31,36)/b34-8+/t9-,11+,12-,13+,14+,15+,16-,17+,18+,19-,20-,21-,23?,24-,27+/m0/s1. The van der Waals surface area contributed by atoms with Gasteiger partial charge in [-0.2, -0.15) is 5.10 Å². The van der Waals surface area contributed by atoms with Crippen LogP contribution in [0.2, 0.25) is 0 Å². The van der Waals surface area contributed by atoms with Gasteiger partial charge in [0.2, 0.25) is 0 Å². The van der Waals surface area contributed by atoms with Gasteiger partial charge in [0.05, 0.1) is 25.0 Å². The first-order chi connectivity index (χ1) is 23.1. The van der Waals surface area contributed by atoms with Gasteiger partial charge in [0.1, 0.15) is 60.9 Å². The molecular weight excluding hydrogens is 656 g/mol. The Bertz CT molecular complexity index is 1350. The quantitative estimate of drug-likeness (QED) is 0.0579. The number of aliphatic imine (C=N–C) groups is 2. The first-order valence-electron chi connectivity index (χ1n) is 15.1. The van der Waals surface area contributed by atoms with Gasteiger partial charge in [-0.1, -0.05) is 0 Å². The first-order valence-corrected chi connectivity index (χ1v) is 15.1. The zero-order chi connectivity index (χ0) is 36.2. The predicted molar refractivity (Wildman–Crippen MR) is 167 cm³/mol. The number of nitrogens with one attached hydrogen (secondary N) is 2. The molecule has 274 valence electrons. The van der Waals surface area contributed by atoms with E-state index in [9.17, 15) is 40.5 Å². The number of aliphatic hydroxyl groups is 7. The number of carbonyl (C=O) groups is 1. The van der Waals surface area contributed by atoms with Crippen molar-refractivity contribution in [3.05, 3.63) is 30.1 Å². The molecule has 0 radical (unpaired) electrons. The van der Waals surface area contributed by atoms with Crippen molar-refractivity contribution in [2.45, 2.75) is 98.2 Å². The molecule has 2 aliphatic heterocycles. The van der Waals surface area contributed by atoms with Gasteiger partial charge in [0, 0.05) is 18.0 Å². The van der Waals surface area contributed by atoms with Crippen LogP contribution < -0.4 is 33.7 Å². The minimum absolute atomic E-state index is 0.201. The van der Waals surface area contributed by atoms with Crippen molar-refractivity contribution < 1.29 is 59.5 Å². The minimum atomic E-state index is -2.28. The molecule has 0 spiro atoms. The summed E-state index contributed by atoms with van der Waals surface area (Å²) < 4.78 is 23.8. The van der Waals surface area contributed by atoms with Gasteiger partial charge >= 0.3 is 0 Å². The zero-order valence-electron chi connectivity index (χ0n) is 26.4. The summed E-state index contributed by atoms with van der Waals surface area (Å²) in [5.41, 5.74) is 22.3. The number of pyridine rings is 1. The Balaban J connectivity index is 1.71. The number of aromatic nitrogens is 1. The highest BCUT2D eigenvalue weighted by Crippen LogP contribution is 2.38. The number of amides is 1. The average molecular weight is 701 g/mol. The maximum atomic E-state index is 12.6. The van der Waals surface area contributed by atoms with Crippen LogP contribution in [0, 0.1) is 0 Å². The van der Waals surface area contributed by atoms with Crippen molar-refractivity contribution >= 4 is 24.0 Å². The zero-order valence-corrected chi connectivity index (χ0v) is 26.4. The van der Waals surface area contributed by atoms with Gasteiger partial charge < -0.3 is 82.9 Å². The molecular formula is C27H44N10O12. The Hall–Kier alpha value is -3.65. The lowest BCUT2D eigenvalue weighted by Gasteiger charge is -2.45. The van der Waals surface area contributed by atoms with Crippen molar-refractivity contribution in [3.8, 4) is 0 Å². The monoisotopic (exact) mass is 700 g/mol. The molecule has 1 unspecified atom stereocenters. The topological polar surface area (TPSA) is 374 Å². The summed E-state index contributed by atoms with van der Waals surface area (Å²) in [7, 11) is 1.43. The van der Waals surface area contributed by atoms with Gasteiger partial charge in [-0.05, 0) is 26.1 Å². The third-order valence-electron chi connectivity index (χ3n) is 8.53. The molecule has 4 rings (SSSR count). The molecule has 17 N–H and O–H groups in total. The van der Waals surface area contributed by atoms with E-state index in [0.29, 0.717) is 0 Å². The molecule has 3 fully saturated rings. The van der Waals surface area contributed by atoms with Gasteiger partial charge in [-0.3, -0.25) is 9.78 Å². The molecule has 3 heterocycles. The molecule has 22 nitrogen and oxygen atoms in total. The molecule has 1 aromatic heterocycles. The van der Waals surface area contributed by atoms with Crippen molar-refractivity contribution in [1.82, 2.24) is 15.7 Å². The third kappa shape index (κ3) is 8.06. The predicted octanol–water partition coefficient (Wildman–Crippen LogP) is -7.55. The van der Waals surface area contributed by atoms with Crippen LogP contribution in [0.5, 0.6) is 0 Å². The Kier molecular flexibility index (Phi) is 12.4. The molecule has 3 aliphatic rings. The number of hydrogen-bond donors (Lipinski definition) is 13. The second kappa shape index (κ2) is 15.9. The van der Waals surface area contributed by atoms with Crippen LogP contribution in [-0.2, 0) is 18.9 Å². The fourth-order valence-electron chi connectivity index (χ4n) is 5.86. The molecule has 2 saturated heterocycles. The SMILES string of the molecule is CN[C@H]1C(O[C@H]2[C@H](O[C@@H]3[C@@H](O)[C@H](O)[C@@H](N=C(N)N)[C@H](O)[C@H]3N=C(N)N)O[C@@H](C)[C@]2(O)/C=N/NC(=O)c2ccncc2)O[C@H](CO)[C@@H](O)[C@@H]1O. The molecule has 1 amide bonds. The number of nitrogens with zero attached hydrogens (tertiary/aromatic N) is 4. The van der Waals surface area contributed by atoms with E-state index >= 15 is 0 Å². The summed E-state index contributed by atoms with van der Waals surface area (Å²) in [5, 5.41) is 82.7. The van der Waals surface area contributed by atoms with Crippen molar-refractivity contribution in [2.24, 2.45) is 38.0 Å². The molecule has 15 atom stereocenters. The van der Waals surface area contributed by atoms with Crippen LogP contribution in [0.4, 0.5) is 0 Å². The molecule has 49 heavy (non-hydrogen) atoms. The highest BCUT2D eigenvalue weighted by Gasteiger charge is 2.60. The minimum Gasteiger partial charge on any atom is -0.394 e. The number of likely N-dealkylation sites (N-methyl/N-ethyl adjacent to an activating group) is 1. The van der Waals surface area contributed by atoms with Gasteiger partial charge in [0.25, 0.3) is 5.91 Å². The van der Waals surface area contributed by atoms with Crippen molar-refractivity contribution in [3.63, 3.8) is 0 Å². The van der Waals surface area contributed by atoms with E-state index < -0.39 is 116 Å². The highest BCUT2D eigenvalue weighted by molar-refractivity contribution is 5.94. The van der Waals surface area contributed by atoms with E-state index in [1.54, 1.807) is 0 Å². The Morgan fingerprint density at radius 2 is 1.57 bits per heavy atom. The molecule has 0 aromatic carbocycles. The number of carbonyl (C=O) groups excluding carboxylic acids is 1. The van der Waals surface area contributed by atoms with E-state index in [1.807, 2.05) is 0 Å². The summed E-state index contributed by atoms with van der Waals surface area (Å²) in [6.45, 7) is 0.673. The second-order valence-electron chi connectivity index (χ2n) is 11.7. The van der Waals surface area contributed by atoms with Crippen LogP contribution in [-0.4, -0.2) is 170 Å². The molecule has 0 bridgehead atoms. The van der Waals surface area contributed by atoms with Crippen LogP contribution in [0.25, 0.3) is 0 Å². The Morgan fingerprint density at radius 3 is 2.16 bits per heavy atom. The van der Waals surface area contributed by atoms with Crippen molar-refractivity contribution in [2.75, 3.05) is 13.7 Å². The van der Waals surface area contributed by atoms with Crippen LogP contribution in [0.1, 0.15) is 17.3 Å². The number of nitrogens with two attached hydrogens (primary N) is 4. The summed E-state index contributed by atoms with van der Waals surface area (Å²) in [5.74, 6) is -1.71. The van der Waals surface area contributed by atoms with E-state index in [4.69, 9.17) is 41.9 Å². The lowest BCUT2D eigenvalue weighted by atomic mass is 9.81. The van der Waals surface area contributed by atoms with Gasteiger partial charge in [0.15, 0.2) is 30.1 Å². The summed E-state index contributed by atoms with van der Waals surface area (Å²) >= 11 is 0. The largest absolute Gasteiger partial charge is 0.394 e. The summed E-state index contributed by atoms with van der Waals surface area (Å²) in [6.07, 6.45) is -14.0. The summed E-state index contributed by atoms with van der Waals surface area (Å²) in [4.78, 5) is 24.2. The van der Waals surface area contributed by atoms with Crippen molar-refractivity contribution in [1.29, 1.82) is 0 Å². The van der Waals surface area contributed by atoms with Crippen LogP contribution >= 0.6 is 0 Å². The van der Waals surface area contributed by atoms with E-state index in [-0.39, 0.29) is 5.56 Å². The number of hydrogen-bond acceptors (Lipinski definition) is 17. The van der Waals surface area contributed by atoms with Gasteiger partial charge in [-0.15, -0.1) is 0 Å². The van der Waals surface area contributed by atoms with E-state index in [1.165, 1.54) is 38.5 Å². The average Bonchev–Trinajstić information content (AvgIpc) is 3.29. The number of ether oxygens (including phenoxy) is 4. The van der Waals surface area contributed by atoms with E-state index in [2.05, 4.69) is 30.8 Å². The Labute approximate surface area is 279 Å². The lowest BCUT2D eigenvalue weighted by molar-refractivity contribution is -0.313.